The molecule has 0 saturated carbocycles. The minimum absolute atomic E-state index is 0.00489. The average molecular weight is 899 g/mol. The van der Waals surface area contributed by atoms with Crippen LogP contribution in [0.1, 0.15) is 71.3 Å². The molecule has 2 aromatic carbocycles. The number of aromatic nitrogens is 1. The summed E-state index contributed by atoms with van der Waals surface area (Å²) in [5.74, 6) is -4.26. The summed E-state index contributed by atoms with van der Waals surface area (Å²) in [4.78, 5) is 63.1. The topological polar surface area (TPSA) is 232 Å². The van der Waals surface area contributed by atoms with E-state index in [9.17, 15) is 44.7 Å². The van der Waals surface area contributed by atoms with E-state index in [1.54, 1.807) is 58.1 Å². The Morgan fingerprint density at radius 3 is 2.29 bits per heavy atom. The lowest BCUT2D eigenvalue weighted by molar-refractivity contribution is -0.158. The number of anilines is 2. The maximum atomic E-state index is 14.6. The highest BCUT2D eigenvalue weighted by atomic mass is 16.5. The number of β-amino-alcohol motifs (C(OH)–C–C–N with tert-alkyl or cyclic N) is 1. The molecule has 6 rings (SSSR count). The molecular weight excluding hydrogens is 837 g/mol. The molecule has 65 heavy (non-hydrogen) atoms. The number of benzene rings is 3. The summed E-state index contributed by atoms with van der Waals surface area (Å²) in [5.41, 5.74) is -0.228. The number of nitrogens with zero attached hydrogens (tertiary/aromatic N) is 3. The zero-order valence-corrected chi connectivity index (χ0v) is 38.5. The van der Waals surface area contributed by atoms with Crippen molar-refractivity contribution in [3.63, 3.8) is 0 Å². The Hall–Kier alpha value is -5.81. The number of ketones is 1. The average Bonchev–Trinajstić information content (AvgIpc) is 3.58. The fourth-order valence-electron chi connectivity index (χ4n) is 8.97. The number of aromatic hydroxyl groups is 2. The van der Waals surface area contributed by atoms with E-state index in [-0.39, 0.29) is 85.7 Å². The molecule has 16 nitrogen and oxygen atoms in total. The number of carbonyl (C=O) groups excluding carboxylic acids is 3. The van der Waals surface area contributed by atoms with Gasteiger partial charge in [0.2, 0.25) is 11.2 Å². The molecule has 16 heteroatoms. The van der Waals surface area contributed by atoms with E-state index in [4.69, 9.17) is 18.9 Å². The number of aliphatic hydroxyl groups excluding tert-OH is 3. The molecule has 0 bridgehead atoms. The van der Waals surface area contributed by atoms with Crippen molar-refractivity contribution >= 4 is 50.9 Å². The van der Waals surface area contributed by atoms with Gasteiger partial charge in [-0.15, -0.1) is 6.58 Å². The van der Waals surface area contributed by atoms with Gasteiger partial charge in [-0.05, 0) is 32.6 Å². The minimum atomic E-state index is -1.04. The fraction of sp³-hybridized carbons (Fsp3) is 0.490. The second-order valence-corrected chi connectivity index (χ2v) is 17.8. The van der Waals surface area contributed by atoms with Crippen LogP contribution in [0, 0.1) is 36.5 Å². The van der Waals surface area contributed by atoms with Crippen LogP contribution in [-0.2, 0) is 14.3 Å². The highest BCUT2D eigenvalue weighted by molar-refractivity contribution is 6.21. The standard InChI is InChI=1S/C49H62N4O12/c1-11-23(2)26(5)46(64-31(10)55)28(7)42(58)27(6)41(57)24(3)13-12-14-25(4)49(62)51-40-45(61)36-35(37-44(60)30(9)63-47(37)29(8)43(36)59)39-48(40)65-34-22-32(21-33(56)38(34)50-39)53-17-15-52(16-18-53)19-20-54/h11-14,21-24,26-28,30,41-42,46,54,56-59H,1,15-20H2,2-10H3,(H,51,62)/b13-12+,25-14-/t23-,24-,26+,27+,28+,30-,41-,42+,46+/m0/s1. The molecule has 2 aromatic rings. The number of carbonyl (C=O) groups is 3. The van der Waals surface area contributed by atoms with Crippen molar-refractivity contribution in [1.29, 1.82) is 0 Å². The first-order valence-corrected chi connectivity index (χ1v) is 22.2. The van der Waals surface area contributed by atoms with Gasteiger partial charge in [-0.25, -0.2) is 4.98 Å². The highest BCUT2D eigenvalue weighted by Crippen LogP contribution is 2.49. The number of aliphatic hydroxyl groups is 3. The SMILES string of the molecule is C=C[C@H](C)[C@@H](C)[C@@H](OC(C)=O)[C@H](C)[C@H](O)[C@H](C)[C@@H](O)[C@@H](C)/C=C/C=C(/C)C(=O)Nc1c2oc3cc(N4CCN(CCO)CC4)cc(O)c3nc-2c2c3c(c(C)c(O)c2c1=O)O[C@@H](C)C3=O. The molecule has 1 aliphatic carbocycles. The van der Waals surface area contributed by atoms with E-state index in [2.05, 4.69) is 16.8 Å². The van der Waals surface area contributed by atoms with Gasteiger partial charge in [0.15, 0.2) is 17.4 Å². The van der Waals surface area contributed by atoms with E-state index >= 15 is 0 Å². The number of nitrogens with one attached hydrogen (secondary N) is 1. The number of phenols is 2. The van der Waals surface area contributed by atoms with Crippen LogP contribution in [0.3, 0.4) is 0 Å². The Morgan fingerprint density at radius 1 is 0.985 bits per heavy atom. The van der Waals surface area contributed by atoms with Gasteiger partial charge in [0, 0.05) is 91.7 Å². The zero-order chi connectivity index (χ0) is 47.8. The van der Waals surface area contributed by atoms with Gasteiger partial charge in [-0.3, -0.25) is 24.1 Å². The lowest BCUT2D eigenvalue weighted by Crippen LogP contribution is -2.47. The number of Topliss-reactive ketones (excluding diaryl/α,β-unsaturated/α-hetero) is 1. The van der Waals surface area contributed by atoms with Crippen molar-refractivity contribution in [2.75, 3.05) is 49.5 Å². The van der Waals surface area contributed by atoms with Crippen molar-refractivity contribution in [3.05, 3.63) is 69.9 Å². The van der Waals surface area contributed by atoms with Crippen LogP contribution in [-0.4, -0.2) is 117 Å². The van der Waals surface area contributed by atoms with Crippen LogP contribution in [0.25, 0.3) is 33.3 Å². The molecule has 0 spiro atoms. The second kappa shape index (κ2) is 19.7. The third-order valence-corrected chi connectivity index (χ3v) is 13.4. The fourth-order valence-corrected chi connectivity index (χ4v) is 8.97. The summed E-state index contributed by atoms with van der Waals surface area (Å²) in [6.07, 6.45) is 2.90. The molecule has 0 aromatic heterocycles. The molecule has 3 aliphatic heterocycles. The summed E-state index contributed by atoms with van der Waals surface area (Å²) in [7, 11) is 0. The van der Waals surface area contributed by atoms with E-state index in [1.807, 2.05) is 18.7 Å². The summed E-state index contributed by atoms with van der Waals surface area (Å²) >= 11 is 0. The van der Waals surface area contributed by atoms with Crippen molar-refractivity contribution in [2.24, 2.45) is 29.6 Å². The largest absolute Gasteiger partial charge is 0.507 e. The maximum absolute atomic E-state index is 14.6. The van der Waals surface area contributed by atoms with Gasteiger partial charge >= 0.3 is 5.97 Å². The van der Waals surface area contributed by atoms with Crippen molar-refractivity contribution in [3.8, 4) is 28.7 Å². The quantitative estimate of drug-likeness (QED) is 0.0198. The number of allylic oxidation sites excluding steroid dienone is 3. The highest BCUT2D eigenvalue weighted by Gasteiger charge is 2.40. The number of esters is 1. The van der Waals surface area contributed by atoms with Gasteiger partial charge in [0.25, 0.3) is 5.91 Å². The number of rotatable bonds is 16. The van der Waals surface area contributed by atoms with Crippen LogP contribution < -0.4 is 20.4 Å². The first kappa shape index (κ1) is 48.6. The number of amides is 1. The van der Waals surface area contributed by atoms with Crippen LogP contribution in [0.5, 0.6) is 17.2 Å². The molecule has 6 N–H and O–H groups in total. The summed E-state index contributed by atoms with van der Waals surface area (Å²) in [6, 6.07) is 3.22. The van der Waals surface area contributed by atoms with Crippen molar-refractivity contribution < 1.29 is 53.8 Å². The van der Waals surface area contributed by atoms with Gasteiger partial charge in [0.05, 0.1) is 29.8 Å². The molecule has 1 fully saturated rings. The van der Waals surface area contributed by atoms with Crippen LogP contribution >= 0.6 is 0 Å². The Balaban J connectivity index is 1.34. The van der Waals surface area contributed by atoms with E-state index in [0.29, 0.717) is 38.4 Å². The third-order valence-electron chi connectivity index (χ3n) is 13.4. The lowest BCUT2D eigenvalue weighted by atomic mass is 9.77. The molecule has 3 heterocycles. The zero-order valence-electron chi connectivity index (χ0n) is 38.5. The van der Waals surface area contributed by atoms with Crippen LogP contribution in [0.2, 0.25) is 0 Å². The first-order chi connectivity index (χ1) is 30.7. The van der Waals surface area contributed by atoms with Crippen LogP contribution in [0.15, 0.2) is 57.8 Å². The lowest BCUT2D eigenvalue weighted by Gasteiger charge is -2.37. The Kier molecular flexibility index (Phi) is 14.8. The Morgan fingerprint density at radius 2 is 1.66 bits per heavy atom. The Bertz CT molecular complexity index is 2580. The number of ether oxygens (including phenoxy) is 2. The van der Waals surface area contributed by atoms with E-state index < -0.39 is 71.0 Å². The second-order valence-electron chi connectivity index (χ2n) is 17.8. The van der Waals surface area contributed by atoms with Crippen LogP contribution in [0.4, 0.5) is 11.4 Å². The van der Waals surface area contributed by atoms with Gasteiger partial charge < -0.3 is 49.6 Å². The minimum Gasteiger partial charge on any atom is -0.507 e. The van der Waals surface area contributed by atoms with Crippen molar-refractivity contribution in [1.82, 2.24) is 9.88 Å². The normalized spacial score (nSPS) is 19.7. The van der Waals surface area contributed by atoms with E-state index in [0.717, 1.165) is 0 Å². The molecule has 0 radical (unpaired) electrons. The van der Waals surface area contributed by atoms with Crippen molar-refractivity contribution in [2.45, 2.75) is 86.7 Å². The molecule has 4 aliphatic rings. The monoisotopic (exact) mass is 898 g/mol. The third kappa shape index (κ3) is 9.48. The predicted octanol–water partition coefficient (Wildman–Crippen LogP) is 5.70. The first-order valence-electron chi connectivity index (χ1n) is 22.2. The summed E-state index contributed by atoms with van der Waals surface area (Å²) < 4.78 is 17.9. The molecule has 1 saturated heterocycles. The molecule has 0 unspecified atom stereocenters. The molecule has 1 amide bonds. The molecular formula is C49H62N4O12. The number of hydrogen-bond acceptors (Lipinski definition) is 15. The summed E-state index contributed by atoms with van der Waals surface area (Å²) in [6.45, 7) is 22.0. The summed E-state index contributed by atoms with van der Waals surface area (Å²) in [5, 5.41) is 57.4. The number of fused-ring (bicyclic) bond motifs is 6. The number of phenolic OH excluding ortho intramolecular Hbond substituents is 2. The number of piperazine rings is 1. The Labute approximate surface area is 378 Å². The van der Waals surface area contributed by atoms with Gasteiger partial charge in [-0.1, -0.05) is 58.9 Å². The molecule has 350 valence electrons. The van der Waals surface area contributed by atoms with E-state index in [1.165, 1.54) is 26.8 Å². The predicted molar refractivity (Wildman–Crippen MR) is 248 cm³/mol. The maximum Gasteiger partial charge on any atom is 0.302 e. The number of hydrogen-bond donors (Lipinski definition) is 6. The molecule has 9 atom stereocenters. The van der Waals surface area contributed by atoms with Gasteiger partial charge in [-0.2, -0.15) is 0 Å². The van der Waals surface area contributed by atoms with Gasteiger partial charge in [0.1, 0.15) is 40.3 Å². The smallest absolute Gasteiger partial charge is 0.302 e.